The van der Waals surface area contributed by atoms with E-state index in [2.05, 4.69) is 61.4 Å². The molecule has 1 unspecified atom stereocenters. The van der Waals surface area contributed by atoms with Crippen molar-refractivity contribution in [3.8, 4) is 11.4 Å². The van der Waals surface area contributed by atoms with E-state index in [1.165, 1.54) is 17.3 Å². The lowest BCUT2D eigenvalue weighted by atomic mass is 9.87. The average Bonchev–Trinajstić information content (AvgIpc) is 3.02. The maximum Gasteiger partial charge on any atom is 0.237 e. The fourth-order valence-corrected chi connectivity index (χ4v) is 3.80. The minimum absolute atomic E-state index is 0.0565. The second kappa shape index (κ2) is 8.41. The maximum absolute atomic E-state index is 12.7. The highest BCUT2D eigenvalue weighted by atomic mass is 32.2. The Bertz CT molecular complexity index is 1000. The number of carbonyl (C=O) groups is 1. The van der Waals surface area contributed by atoms with Crippen LogP contribution >= 0.6 is 11.8 Å². The Morgan fingerprint density at radius 1 is 1.07 bits per heavy atom. The highest BCUT2D eigenvalue weighted by Gasteiger charge is 2.20. The number of benzene rings is 2. The van der Waals surface area contributed by atoms with E-state index in [1.54, 1.807) is 0 Å². The Labute approximate surface area is 176 Å². The average molecular weight is 409 g/mol. The third kappa shape index (κ3) is 4.88. The van der Waals surface area contributed by atoms with Crippen LogP contribution in [0, 0.1) is 6.92 Å². The van der Waals surface area contributed by atoms with Crippen LogP contribution in [0.2, 0.25) is 0 Å². The number of thioether (sulfide) groups is 1. The fourth-order valence-electron chi connectivity index (χ4n) is 2.98. The number of aryl methyl sites for hydroxylation is 1. The van der Waals surface area contributed by atoms with Gasteiger partial charge in [-0.15, -0.1) is 10.2 Å². The van der Waals surface area contributed by atoms with Gasteiger partial charge in [-0.25, -0.2) is 0 Å². The Morgan fingerprint density at radius 3 is 2.34 bits per heavy atom. The molecule has 6 heteroatoms. The van der Waals surface area contributed by atoms with Crippen molar-refractivity contribution in [1.29, 1.82) is 0 Å². The first-order chi connectivity index (χ1) is 13.7. The molecule has 0 saturated heterocycles. The van der Waals surface area contributed by atoms with Crippen LogP contribution in [0.25, 0.3) is 11.4 Å². The van der Waals surface area contributed by atoms with Crippen LogP contribution in [0.3, 0.4) is 0 Å². The van der Waals surface area contributed by atoms with Crippen LogP contribution in [0.4, 0.5) is 5.69 Å². The number of hydrogen-bond acceptors (Lipinski definition) is 4. The van der Waals surface area contributed by atoms with Gasteiger partial charge in [0, 0.05) is 18.3 Å². The molecule has 0 radical (unpaired) electrons. The van der Waals surface area contributed by atoms with E-state index in [4.69, 9.17) is 0 Å². The molecule has 0 fully saturated rings. The molecule has 3 rings (SSSR count). The van der Waals surface area contributed by atoms with Crippen LogP contribution in [0.5, 0.6) is 0 Å². The van der Waals surface area contributed by atoms with Crippen molar-refractivity contribution in [1.82, 2.24) is 14.8 Å². The first-order valence-electron chi connectivity index (χ1n) is 9.70. The molecular weight excluding hydrogens is 380 g/mol. The van der Waals surface area contributed by atoms with Crippen molar-refractivity contribution in [3.05, 3.63) is 59.7 Å². The molecule has 0 spiro atoms. The van der Waals surface area contributed by atoms with E-state index in [0.717, 1.165) is 22.6 Å². The summed E-state index contributed by atoms with van der Waals surface area (Å²) in [5, 5.41) is 12.0. The van der Waals surface area contributed by atoms with E-state index < -0.39 is 0 Å². The number of nitrogens with one attached hydrogen (secondary N) is 1. The molecule has 0 saturated carbocycles. The van der Waals surface area contributed by atoms with E-state index in [0.29, 0.717) is 5.16 Å². The summed E-state index contributed by atoms with van der Waals surface area (Å²) in [6.45, 7) is 10.5. The lowest BCUT2D eigenvalue weighted by molar-refractivity contribution is -0.115. The van der Waals surface area contributed by atoms with E-state index in [-0.39, 0.29) is 16.6 Å². The van der Waals surface area contributed by atoms with Crippen LogP contribution in [0.15, 0.2) is 53.7 Å². The molecule has 0 aliphatic rings. The Balaban J connectivity index is 1.68. The first-order valence-corrected chi connectivity index (χ1v) is 10.6. The normalized spacial score (nSPS) is 12.6. The van der Waals surface area contributed by atoms with Crippen molar-refractivity contribution in [2.75, 3.05) is 5.32 Å². The highest BCUT2D eigenvalue weighted by molar-refractivity contribution is 8.00. The van der Waals surface area contributed by atoms with Gasteiger partial charge in [0.05, 0.1) is 5.25 Å². The fraction of sp³-hybridized carbons (Fsp3) is 0.348. The highest BCUT2D eigenvalue weighted by Crippen LogP contribution is 2.28. The number of carbonyl (C=O) groups excluding carboxylic acids is 1. The monoisotopic (exact) mass is 408 g/mol. The maximum atomic E-state index is 12.7. The SMILES string of the molecule is Cc1ccccc1-c1nnc(SC(C)C(=O)Nc2ccc(C(C)(C)C)cc2)n1C. The van der Waals surface area contributed by atoms with Crippen LogP contribution in [-0.4, -0.2) is 25.9 Å². The van der Waals surface area contributed by atoms with Crippen molar-refractivity contribution in [2.24, 2.45) is 7.05 Å². The summed E-state index contributed by atoms with van der Waals surface area (Å²) in [6.07, 6.45) is 0. The van der Waals surface area contributed by atoms with Gasteiger partial charge in [-0.05, 0) is 42.5 Å². The Kier molecular flexibility index (Phi) is 6.13. The van der Waals surface area contributed by atoms with E-state index >= 15 is 0 Å². The van der Waals surface area contributed by atoms with Crippen molar-refractivity contribution >= 4 is 23.4 Å². The molecule has 0 aliphatic carbocycles. The van der Waals surface area contributed by atoms with Crippen LogP contribution in [0.1, 0.15) is 38.8 Å². The number of rotatable bonds is 5. The molecule has 29 heavy (non-hydrogen) atoms. The largest absolute Gasteiger partial charge is 0.325 e. The van der Waals surface area contributed by atoms with Crippen molar-refractivity contribution in [2.45, 2.75) is 50.4 Å². The van der Waals surface area contributed by atoms with Gasteiger partial charge in [0.2, 0.25) is 5.91 Å². The van der Waals surface area contributed by atoms with Crippen molar-refractivity contribution in [3.63, 3.8) is 0 Å². The molecule has 3 aromatic rings. The number of nitrogens with zero attached hydrogens (tertiary/aromatic N) is 3. The molecule has 0 bridgehead atoms. The lowest BCUT2D eigenvalue weighted by Gasteiger charge is -2.19. The van der Waals surface area contributed by atoms with Crippen LogP contribution < -0.4 is 5.32 Å². The summed E-state index contributed by atoms with van der Waals surface area (Å²) in [5.74, 6) is 0.745. The van der Waals surface area contributed by atoms with Gasteiger partial charge in [0.1, 0.15) is 0 Å². The third-order valence-electron chi connectivity index (χ3n) is 4.89. The standard InChI is InChI=1S/C23H28N4OS/c1-15-9-7-8-10-19(15)20-25-26-22(27(20)6)29-16(2)21(28)24-18-13-11-17(12-14-18)23(3,4)5/h7-14,16H,1-6H3,(H,24,28). The minimum atomic E-state index is -0.301. The molecule has 1 heterocycles. The molecule has 152 valence electrons. The van der Waals surface area contributed by atoms with Crippen LogP contribution in [-0.2, 0) is 17.3 Å². The van der Waals surface area contributed by atoms with Crippen molar-refractivity contribution < 1.29 is 4.79 Å². The number of anilines is 1. The Hall–Kier alpha value is -2.60. The van der Waals surface area contributed by atoms with E-state index in [9.17, 15) is 4.79 Å². The van der Waals surface area contributed by atoms with Gasteiger partial charge < -0.3 is 9.88 Å². The van der Waals surface area contributed by atoms with Gasteiger partial charge in [-0.1, -0.05) is 68.9 Å². The summed E-state index contributed by atoms with van der Waals surface area (Å²) in [6, 6.07) is 16.1. The zero-order chi connectivity index (χ0) is 21.2. The summed E-state index contributed by atoms with van der Waals surface area (Å²) >= 11 is 1.40. The summed E-state index contributed by atoms with van der Waals surface area (Å²) in [4.78, 5) is 12.7. The molecule has 0 aliphatic heterocycles. The predicted octanol–water partition coefficient (Wildman–Crippen LogP) is 5.21. The molecule has 2 aromatic carbocycles. The third-order valence-corrected chi connectivity index (χ3v) is 6.02. The summed E-state index contributed by atoms with van der Waals surface area (Å²) in [7, 11) is 1.93. The van der Waals surface area contributed by atoms with Gasteiger partial charge in [0.25, 0.3) is 0 Å². The summed E-state index contributed by atoms with van der Waals surface area (Å²) < 4.78 is 1.94. The first kappa shape index (κ1) is 21.1. The molecule has 1 atom stereocenters. The molecule has 1 N–H and O–H groups in total. The quantitative estimate of drug-likeness (QED) is 0.589. The van der Waals surface area contributed by atoms with Gasteiger partial charge >= 0.3 is 0 Å². The number of aromatic nitrogens is 3. The number of hydrogen-bond donors (Lipinski definition) is 1. The van der Waals surface area contributed by atoms with Gasteiger partial charge in [-0.2, -0.15) is 0 Å². The smallest absolute Gasteiger partial charge is 0.237 e. The summed E-state index contributed by atoms with van der Waals surface area (Å²) in [5.41, 5.74) is 4.32. The van der Waals surface area contributed by atoms with E-state index in [1.807, 2.05) is 48.9 Å². The van der Waals surface area contributed by atoms with Gasteiger partial charge in [0.15, 0.2) is 11.0 Å². The second-order valence-electron chi connectivity index (χ2n) is 8.26. The predicted molar refractivity (Wildman–Crippen MR) is 120 cm³/mol. The minimum Gasteiger partial charge on any atom is -0.325 e. The Morgan fingerprint density at radius 2 is 1.72 bits per heavy atom. The molecular formula is C23H28N4OS. The zero-order valence-electron chi connectivity index (χ0n) is 17.9. The number of amides is 1. The zero-order valence-corrected chi connectivity index (χ0v) is 18.7. The molecule has 1 amide bonds. The molecule has 5 nitrogen and oxygen atoms in total. The molecule has 1 aromatic heterocycles. The topological polar surface area (TPSA) is 59.8 Å². The van der Waals surface area contributed by atoms with Gasteiger partial charge in [-0.3, -0.25) is 4.79 Å². The second-order valence-corrected chi connectivity index (χ2v) is 9.56. The lowest BCUT2D eigenvalue weighted by Crippen LogP contribution is -2.23.